The van der Waals surface area contributed by atoms with E-state index in [1.165, 1.54) is 16.3 Å². The first-order valence-corrected chi connectivity index (χ1v) is 6.41. The molecule has 1 N–H and O–H groups in total. The maximum atomic E-state index is 3.97. The van der Waals surface area contributed by atoms with Crippen LogP contribution in [0.15, 0.2) is 36.4 Å². The van der Waals surface area contributed by atoms with Gasteiger partial charge in [-0.2, -0.15) is 12.6 Å². The van der Waals surface area contributed by atoms with Gasteiger partial charge in [0.2, 0.25) is 0 Å². The summed E-state index contributed by atoms with van der Waals surface area (Å²) in [6.07, 6.45) is 0. The Labute approximate surface area is 110 Å². The van der Waals surface area contributed by atoms with Crippen molar-refractivity contribution < 1.29 is 0 Å². The second-order valence-electron chi connectivity index (χ2n) is 4.41. The Balaban J connectivity index is 0.000000317. The van der Waals surface area contributed by atoms with Gasteiger partial charge in [-0.05, 0) is 35.1 Å². The minimum Gasteiger partial charge on any atom is -0.388 e. The van der Waals surface area contributed by atoms with E-state index in [1.807, 2.05) is 20.9 Å². The lowest BCUT2D eigenvalue weighted by atomic mass is 10.1. The molecule has 0 heterocycles. The fraction of sp³-hybridized carbons (Fsp3) is 0.333. The molecule has 0 aliphatic heterocycles. The Kier molecular flexibility index (Phi) is 5.36. The van der Waals surface area contributed by atoms with Gasteiger partial charge in [-0.15, -0.1) is 0 Å². The molecule has 0 unspecified atom stereocenters. The summed E-state index contributed by atoms with van der Waals surface area (Å²) < 4.78 is 0. The number of aryl methyl sites for hydroxylation is 1. The van der Waals surface area contributed by atoms with E-state index >= 15 is 0 Å². The lowest BCUT2D eigenvalue weighted by Gasteiger charge is -2.03. The third kappa shape index (κ3) is 4.70. The number of hydrogen-bond acceptors (Lipinski definition) is 2. The van der Waals surface area contributed by atoms with Gasteiger partial charge in [-0.25, -0.2) is 0 Å². The Morgan fingerprint density at radius 3 is 2.12 bits per heavy atom. The first-order chi connectivity index (χ1) is 8.02. The minimum atomic E-state index is 0.528. The molecule has 0 saturated carbocycles. The molecule has 1 nitrogen and oxygen atoms in total. The highest BCUT2D eigenvalue weighted by atomic mass is 32.1. The summed E-state index contributed by atoms with van der Waals surface area (Å²) in [4.78, 5) is 0. The molecular weight excluding hydrogens is 226 g/mol. The highest BCUT2D eigenvalue weighted by molar-refractivity contribution is 7.80. The van der Waals surface area contributed by atoms with Crippen LogP contribution < -0.4 is 5.32 Å². The van der Waals surface area contributed by atoms with Crippen molar-refractivity contribution in [3.05, 3.63) is 42.0 Å². The Bertz CT molecular complexity index is 475. The Hall–Kier alpha value is -1.15. The summed E-state index contributed by atoms with van der Waals surface area (Å²) in [6.45, 7) is 6.18. The molecule has 0 amide bonds. The number of thiol groups is 1. The van der Waals surface area contributed by atoms with E-state index in [4.69, 9.17) is 0 Å². The molecular formula is C15H21NS. The standard InChI is InChI=1S/C12H13N.C3H8S/c1-9-3-4-11-8-12(13-2)6-5-10(11)7-9;1-3(2)4/h3-8,13H,1-2H3;3-4H,1-2H3. The third-order valence-corrected chi connectivity index (χ3v) is 2.28. The van der Waals surface area contributed by atoms with E-state index in [0.29, 0.717) is 5.25 Å². The van der Waals surface area contributed by atoms with E-state index < -0.39 is 0 Å². The molecule has 2 aromatic rings. The van der Waals surface area contributed by atoms with Gasteiger partial charge in [-0.1, -0.05) is 43.7 Å². The van der Waals surface area contributed by atoms with Crippen LogP contribution in [0.25, 0.3) is 10.8 Å². The zero-order chi connectivity index (χ0) is 12.8. The SMILES string of the molecule is CC(C)S.CNc1ccc2cc(C)ccc2c1. The van der Waals surface area contributed by atoms with Crippen LogP contribution in [0, 0.1) is 6.92 Å². The van der Waals surface area contributed by atoms with Crippen LogP contribution in [-0.2, 0) is 0 Å². The molecule has 2 heteroatoms. The fourth-order valence-electron chi connectivity index (χ4n) is 1.52. The van der Waals surface area contributed by atoms with Gasteiger partial charge < -0.3 is 5.32 Å². The molecule has 92 valence electrons. The monoisotopic (exact) mass is 247 g/mol. The van der Waals surface area contributed by atoms with Crippen molar-refractivity contribution in [2.45, 2.75) is 26.0 Å². The maximum absolute atomic E-state index is 3.97. The van der Waals surface area contributed by atoms with Gasteiger partial charge in [0.25, 0.3) is 0 Å². The van der Waals surface area contributed by atoms with Crippen molar-refractivity contribution in [3.8, 4) is 0 Å². The first-order valence-electron chi connectivity index (χ1n) is 5.89. The molecule has 2 aromatic carbocycles. The molecule has 17 heavy (non-hydrogen) atoms. The van der Waals surface area contributed by atoms with Crippen molar-refractivity contribution >= 4 is 29.1 Å². The summed E-state index contributed by atoms with van der Waals surface area (Å²) in [6, 6.07) is 12.9. The summed E-state index contributed by atoms with van der Waals surface area (Å²) in [7, 11) is 1.94. The molecule has 2 rings (SSSR count). The lowest BCUT2D eigenvalue weighted by Crippen LogP contribution is -1.86. The quantitative estimate of drug-likeness (QED) is 0.706. The number of fused-ring (bicyclic) bond motifs is 1. The van der Waals surface area contributed by atoms with Gasteiger partial charge in [0, 0.05) is 12.7 Å². The van der Waals surface area contributed by atoms with Gasteiger partial charge in [0.15, 0.2) is 0 Å². The molecule has 0 saturated heterocycles. The van der Waals surface area contributed by atoms with Crippen LogP contribution in [0.5, 0.6) is 0 Å². The van der Waals surface area contributed by atoms with Crippen LogP contribution in [-0.4, -0.2) is 12.3 Å². The predicted octanol–water partition coefficient (Wildman–Crippen LogP) is 4.51. The van der Waals surface area contributed by atoms with E-state index in [-0.39, 0.29) is 0 Å². The molecule has 0 aliphatic rings. The number of benzene rings is 2. The van der Waals surface area contributed by atoms with E-state index in [1.54, 1.807) is 0 Å². The summed E-state index contributed by atoms with van der Waals surface area (Å²) in [5, 5.41) is 6.26. The molecule has 0 spiro atoms. The number of anilines is 1. The predicted molar refractivity (Wildman–Crippen MR) is 82.4 cm³/mol. The van der Waals surface area contributed by atoms with Crippen LogP contribution in [0.3, 0.4) is 0 Å². The second-order valence-corrected chi connectivity index (χ2v) is 5.44. The number of hydrogen-bond donors (Lipinski definition) is 2. The van der Waals surface area contributed by atoms with Crippen molar-refractivity contribution in [3.63, 3.8) is 0 Å². The number of rotatable bonds is 1. The van der Waals surface area contributed by atoms with Crippen LogP contribution in [0.1, 0.15) is 19.4 Å². The fourth-order valence-corrected chi connectivity index (χ4v) is 1.52. The summed E-state index contributed by atoms with van der Waals surface area (Å²) in [5.74, 6) is 0. The van der Waals surface area contributed by atoms with Crippen molar-refractivity contribution in [2.24, 2.45) is 0 Å². The molecule has 0 atom stereocenters. The molecule has 0 fully saturated rings. The van der Waals surface area contributed by atoms with E-state index in [2.05, 4.69) is 61.3 Å². The highest BCUT2D eigenvalue weighted by Gasteiger charge is 1.94. The Morgan fingerprint density at radius 2 is 1.53 bits per heavy atom. The summed E-state index contributed by atoms with van der Waals surface area (Å²) in [5.41, 5.74) is 2.47. The van der Waals surface area contributed by atoms with Gasteiger partial charge >= 0.3 is 0 Å². The first kappa shape index (κ1) is 13.9. The lowest BCUT2D eigenvalue weighted by molar-refractivity contribution is 1.13. The summed E-state index contributed by atoms with van der Waals surface area (Å²) >= 11 is 3.97. The van der Waals surface area contributed by atoms with Crippen molar-refractivity contribution in [1.29, 1.82) is 0 Å². The van der Waals surface area contributed by atoms with Gasteiger partial charge in [0.1, 0.15) is 0 Å². The third-order valence-electron chi connectivity index (χ3n) is 2.28. The smallest absolute Gasteiger partial charge is 0.0343 e. The molecule has 0 bridgehead atoms. The molecule has 0 aromatic heterocycles. The van der Waals surface area contributed by atoms with Gasteiger partial charge in [-0.3, -0.25) is 0 Å². The average molecular weight is 247 g/mol. The topological polar surface area (TPSA) is 12.0 Å². The minimum absolute atomic E-state index is 0.528. The van der Waals surface area contributed by atoms with Crippen LogP contribution in [0.2, 0.25) is 0 Å². The largest absolute Gasteiger partial charge is 0.388 e. The average Bonchev–Trinajstić information content (AvgIpc) is 2.27. The highest BCUT2D eigenvalue weighted by Crippen LogP contribution is 2.19. The van der Waals surface area contributed by atoms with Gasteiger partial charge in [0.05, 0.1) is 0 Å². The van der Waals surface area contributed by atoms with Crippen LogP contribution >= 0.6 is 12.6 Å². The Morgan fingerprint density at radius 1 is 1.00 bits per heavy atom. The normalized spacial score (nSPS) is 10.0. The zero-order valence-electron chi connectivity index (χ0n) is 11.0. The maximum Gasteiger partial charge on any atom is 0.0343 e. The zero-order valence-corrected chi connectivity index (χ0v) is 11.9. The van der Waals surface area contributed by atoms with E-state index in [9.17, 15) is 0 Å². The molecule has 0 radical (unpaired) electrons. The second kappa shape index (κ2) is 6.55. The van der Waals surface area contributed by atoms with Crippen molar-refractivity contribution in [2.75, 3.05) is 12.4 Å². The van der Waals surface area contributed by atoms with Crippen LogP contribution in [0.4, 0.5) is 5.69 Å². The van der Waals surface area contributed by atoms with Crippen molar-refractivity contribution in [1.82, 2.24) is 0 Å². The molecule has 0 aliphatic carbocycles. The number of nitrogens with one attached hydrogen (secondary N) is 1. The van der Waals surface area contributed by atoms with E-state index in [0.717, 1.165) is 5.69 Å².